The van der Waals surface area contributed by atoms with Crippen LogP contribution in [0.4, 0.5) is 19.3 Å². The lowest BCUT2D eigenvalue weighted by atomic mass is 9.94. The molecule has 1 heterocycles. The van der Waals surface area contributed by atoms with Gasteiger partial charge in [-0.3, -0.25) is 9.69 Å². The maximum Gasteiger partial charge on any atom is 0.408 e. The molecule has 1 atom stereocenters. The number of benzene rings is 2. The molecule has 0 saturated heterocycles. The fourth-order valence-electron chi connectivity index (χ4n) is 2.78. The van der Waals surface area contributed by atoms with Crippen LogP contribution in [0.1, 0.15) is 11.1 Å². The smallest absolute Gasteiger partial charge is 0.408 e. The normalized spacial score (nSPS) is 16.4. The highest BCUT2D eigenvalue weighted by molar-refractivity contribution is 5.97. The van der Waals surface area contributed by atoms with Crippen molar-refractivity contribution in [1.29, 1.82) is 0 Å². The minimum atomic E-state index is -1.27. The molecule has 0 unspecified atom stereocenters. The van der Waals surface area contributed by atoms with Gasteiger partial charge in [0.15, 0.2) is 0 Å². The van der Waals surface area contributed by atoms with Crippen LogP contribution in [-0.4, -0.2) is 28.0 Å². The van der Waals surface area contributed by atoms with E-state index in [-0.39, 0.29) is 13.0 Å². The van der Waals surface area contributed by atoms with Crippen LogP contribution in [-0.2, 0) is 17.8 Å². The molecule has 2 aromatic rings. The highest BCUT2D eigenvalue weighted by Gasteiger charge is 2.35. The van der Waals surface area contributed by atoms with Gasteiger partial charge in [-0.2, -0.15) is 0 Å². The molecule has 0 radical (unpaired) electrons. The quantitative estimate of drug-likeness (QED) is 0.888. The van der Waals surface area contributed by atoms with Crippen molar-refractivity contribution in [3.63, 3.8) is 0 Å². The fourth-order valence-corrected chi connectivity index (χ4v) is 2.78. The topological polar surface area (TPSA) is 69.6 Å². The maximum absolute atomic E-state index is 13.7. The summed E-state index contributed by atoms with van der Waals surface area (Å²) in [6, 6.07) is 9.33. The molecule has 24 heavy (non-hydrogen) atoms. The van der Waals surface area contributed by atoms with E-state index in [0.29, 0.717) is 0 Å². The van der Waals surface area contributed by atoms with Gasteiger partial charge in [-0.05, 0) is 23.3 Å². The molecule has 1 aliphatic heterocycles. The molecule has 2 amide bonds. The lowest BCUT2D eigenvalue weighted by Crippen LogP contribution is -2.50. The number of para-hydroxylation sites is 1. The van der Waals surface area contributed by atoms with Gasteiger partial charge in [-0.1, -0.05) is 30.3 Å². The van der Waals surface area contributed by atoms with Crippen LogP contribution < -0.4 is 5.32 Å². The summed E-state index contributed by atoms with van der Waals surface area (Å²) in [4.78, 5) is 24.9. The zero-order chi connectivity index (χ0) is 17.3. The van der Waals surface area contributed by atoms with Crippen molar-refractivity contribution in [3.05, 3.63) is 65.2 Å². The first-order chi connectivity index (χ1) is 11.5. The average Bonchev–Trinajstić information content (AvgIpc) is 2.56. The van der Waals surface area contributed by atoms with Crippen molar-refractivity contribution in [1.82, 2.24) is 4.90 Å². The van der Waals surface area contributed by atoms with Crippen LogP contribution in [0.5, 0.6) is 0 Å². The molecule has 2 N–H and O–H groups in total. The standard InChI is InChI=1S/C17H14F2N2O3/c18-12-6-3-7-13(19)15(12)20-16(22)14-8-10-4-1-2-5-11(10)9-21(14)17(23)24/h1-7,14H,8-9H2,(H,20,22)(H,23,24)/t14-/m0/s1. The first-order valence-corrected chi connectivity index (χ1v) is 7.28. The maximum atomic E-state index is 13.7. The van der Waals surface area contributed by atoms with E-state index in [0.717, 1.165) is 28.2 Å². The van der Waals surface area contributed by atoms with E-state index in [2.05, 4.69) is 5.32 Å². The van der Waals surface area contributed by atoms with Crippen LogP contribution in [0.15, 0.2) is 42.5 Å². The van der Waals surface area contributed by atoms with Gasteiger partial charge in [0, 0.05) is 6.42 Å². The zero-order valence-electron chi connectivity index (χ0n) is 12.5. The summed E-state index contributed by atoms with van der Waals surface area (Å²) in [5, 5.41) is 11.5. The minimum Gasteiger partial charge on any atom is -0.465 e. The van der Waals surface area contributed by atoms with Gasteiger partial charge >= 0.3 is 6.09 Å². The predicted molar refractivity (Wildman–Crippen MR) is 82.5 cm³/mol. The number of nitrogens with one attached hydrogen (secondary N) is 1. The minimum absolute atomic E-state index is 0.0450. The second-order valence-electron chi connectivity index (χ2n) is 5.49. The Bertz CT molecular complexity index is 790. The summed E-state index contributed by atoms with van der Waals surface area (Å²) >= 11 is 0. The van der Waals surface area contributed by atoms with E-state index in [9.17, 15) is 23.5 Å². The number of nitrogens with zero attached hydrogens (tertiary/aromatic N) is 1. The molecule has 0 saturated carbocycles. The van der Waals surface area contributed by atoms with Crippen LogP contribution in [0.3, 0.4) is 0 Å². The number of halogens is 2. The molecule has 7 heteroatoms. The zero-order valence-corrected chi connectivity index (χ0v) is 12.5. The van der Waals surface area contributed by atoms with E-state index < -0.39 is 35.4 Å². The molecule has 1 aliphatic rings. The fraction of sp³-hybridized carbons (Fsp3) is 0.176. The van der Waals surface area contributed by atoms with Crippen molar-refractivity contribution in [3.8, 4) is 0 Å². The van der Waals surface area contributed by atoms with Crippen LogP contribution >= 0.6 is 0 Å². The van der Waals surface area contributed by atoms with Crippen molar-refractivity contribution in [2.75, 3.05) is 5.32 Å². The molecule has 0 spiro atoms. The molecule has 0 aromatic heterocycles. The lowest BCUT2D eigenvalue weighted by molar-refractivity contribution is -0.121. The first kappa shape index (κ1) is 15.9. The Morgan fingerprint density at radius 2 is 1.67 bits per heavy atom. The second-order valence-corrected chi connectivity index (χ2v) is 5.49. The number of carbonyl (C=O) groups excluding carboxylic acids is 1. The van der Waals surface area contributed by atoms with Crippen molar-refractivity contribution in [2.45, 2.75) is 19.0 Å². The van der Waals surface area contributed by atoms with Gasteiger partial charge in [0.1, 0.15) is 23.4 Å². The summed E-state index contributed by atoms with van der Waals surface area (Å²) < 4.78 is 27.4. The van der Waals surface area contributed by atoms with E-state index in [4.69, 9.17) is 0 Å². The Kier molecular flexibility index (Phi) is 4.16. The van der Waals surface area contributed by atoms with Crippen molar-refractivity contribution < 1.29 is 23.5 Å². The summed E-state index contributed by atoms with van der Waals surface area (Å²) in [7, 11) is 0. The van der Waals surface area contributed by atoms with Gasteiger partial charge in [0.25, 0.3) is 0 Å². The molecule has 0 bridgehead atoms. The van der Waals surface area contributed by atoms with Crippen molar-refractivity contribution in [2.24, 2.45) is 0 Å². The SMILES string of the molecule is O=C(Nc1c(F)cccc1F)[C@@H]1Cc2ccccc2CN1C(=O)O. The number of hydrogen-bond acceptors (Lipinski definition) is 2. The van der Waals surface area contributed by atoms with Crippen LogP contribution in [0.25, 0.3) is 0 Å². The first-order valence-electron chi connectivity index (χ1n) is 7.28. The summed E-state index contributed by atoms with van der Waals surface area (Å²) in [5.74, 6) is -2.60. The van der Waals surface area contributed by atoms with Crippen LogP contribution in [0.2, 0.25) is 0 Å². The summed E-state index contributed by atoms with van der Waals surface area (Å²) in [6.45, 7) is 0.0450. The average molecular weight is 332 g/mol. The van der Waals surface area contributed by atoms with Gasteiger partial charge in [0.2, 0.25) is 5.91 Å². The number of carbonyl (C=O) groups is 2. The largest absolute Gasteiger partial charge is 0.465 e. The Morgan fingerprint density at radius 1 is 1.04 bits per heavy atom. The Labute approximate surface area is 136 Å². The summed E-state index contributed by atoms with van der Waals surface area (Å²) in [6.07, 6.45) is -1.12. The number of amides is 2. The molecule has 5 nitrogen and oxygen atoms in total. The third-order valence-corrected chi connectivity index (χ3v) is 4.01. The Morgan fingerprint density at radius 3 is 2.29 bits per heavy atom. The van der Waals surface area contributed by atoms with E-state index in [1.807, 2.05) is 0 Å². The van der Waals surface area contributed by atoms with Crippen molar-refractivity contribution >= 4 is 17.7 Å². The molecule has 2 aromatic carbocycles. The van der Waals surface area contributed by atoms with Gasteiger partial charge in [-0.25, -0.2) is 13.6 Å². The highest BCUT2D eigenvalue weighted by Crippen LogP contribution is 2.25. The summed E-state index contributed by atoms with van der Waals surface area (Å²) in [5.41, 5.74) is 1.07. The third-order valence-electron chi connectivity index (χ3n) is 4.01. The molecular weight excluding hydrogens is 318 g/mol. The highest BCUT2D eigenvalue weighted by atomic mass is 19.1. The third kappa shape index (κ3) is 2.92. The number of rotatable bonds is 2. The van der Waals surface area contributed by atoms with Gasteiger partial charge in [-0.15, -0.1) is 0 Å². The Hall–Kier alpha value is -2.96. The van der Waals surface area contributed by atoms with E-state index in [1.165, 1.54) is 6.07 Å². The number of carboxylic acid groups (broad SMARTS) is 1. The molecular formula is C17H14F2N2O3. The molecule has 3 rings (SSSR count). The van der Waals surface area contributed by atoms with E-state index >= 15 is 0 Å². The number of fused-ring (bicyclic) bond motifs is 1. The predicted octanol–water partition coefficient (Wildman–Crippen LogP) is 3.01. The second kappa shape index (κ2) is 6.27. The van der Waals surface area contributed by atoms with Gasteiger partial charge < -0.3 is 10.4 Å². The lowest BCUT2D eigenvalue weighted by Gasteiger charge is -2.33. The number of anilines is 1. The molecule has 0 fully saturated rings. The molecule has 124 valence electrons. The van der Waals surface area contributed by atoms with Crippen LogP contribution in [0, 0.1) is 11.6 Å². The number of hydrogen-bond donors (Lipinski definition) is 2. The van der Waals surface area contributed by atoms with E-state index in [1.54, 1.807) is 24.3 Å². The Balaban J connectivity index is 1.89. The molecule has 0 aliphatic carbocycles. The monoisotopic (exact) mass is 332 g/mol. The van der Waals surface area contributed by atoms with Gasteiger partial charge in [0.05, 0.1) is 6.54 Å².